The Morgan fingerprint density at radius 1 is 1.36 bits per heavy atom. The molecule has 0 aromatic rings. The molecule has 1 unspecified atom stereocenters. The summed E-state index contributed by atoms with van der Waals surface area (Å²) in [5, 5.41) is 3.53. The van der Waals surface area contributed by atoms with E-state index in [2.05, 4.69) is 26.1 Å². The van der Waals surface area contributed by atoms with Gasteiger partial charge in [-0.05, 0) is 30.6 Å². The molecule has 1 fully saturated rings. The number of rotatable bonds is 7. The van der Waals surface area contributed by atoms with Crippen LogP contribution < -0.4 is 11.1 Å². The van der Waals surface area contributed by atoms with Gasteiger partial charge in [0.25, 0.3) is 0 Å². The maximum absolute atomic E-state index is 5.95. The summed E-state index contributed by atoms with van der Waals surface area (Å²) < 4.78 is 0. The van der Waals surface area contributed by atoms with Crippen LogP contribution >= 0.6 is 0 Å². The number of nitrogens with one attached hydrogen (secondary N) is 1. The molecule has 0 aliphatic heterocycles. The molecule has 1 atom stereocenters. The Morgan fingerprint density at radius 2 is 2.00 bits per heavy atom. The fourth-order valence-corrected chi connectivity index (χ4v) is 2.10. The standard InChI is InChI=1S/C12H26N2/c1-4-5-11(13)8-14-9-12(6-7-12)10(2)3/h10-11,14H,4-9,13H2,1-3H3. The minimum absolute atomic E-state index is 0.350. The average Bonchev–Trinajstić information content (AvgIpc) is 2.86. The third-order valence-corrected chi connectivity index (χ3v) is 3.66. The van der Waals surface area contributed by atoms with E-state index in [0.29, 0.717) is 11.5 Å². The van der Waals surface area contributed by atoms with Crippen molar-refractivity contribution in [2.45, 2.75) is 52.5 Å². The van der Waals surface area contributed by atoms with Crippen LogP contribution in [0.3, 0.4) is 0 Å². The highest BCUT2D eigenvalue weighted by Gasteiger charge is 2.44. The number of hydrogen-bond acceptors (Lipinski definition) is 2. The van der Waals surface area contributed by atoms with Crippen molar-refractivity contribution in [3.05, 3.63) is 0 Å². The highest BCUT2D eigenvalue weighted by atomic mass is 14.9. The summed E-state index contributed by atoms with van der Waals surface area (Å²) in [5.74, 6) is 0.817. The average molecular weight is 198 g/mol. The molecule has 1 saturated carbocycles. The van der Waals surface area contributed by atoms with Crippen molar-refractivity contribution < 1.29 is 0 Å². The van der Waals surface area contributed by atoms with Crippen LogP contribution in [0.4, 0.5) is 0 Å². The first-order chi connectivity index (χ1) is 6.60. The molecule has 1 aliphatic carbocycles. The normalized spacial score (nSPS) is 21.2. The molecule has 0 bridgehead atoms. The first-order valence-corrected chi connectivity index (χ1v) is 6.07. The van der Waals surface area contributed by atoms with Gasteiger partial charge < -0.3 is 11.1 Å². The molecule has 3 N–H and O–H groups in total. The Morgan fingerprint density at radius 3 is 2.43 bits per heavy atom. The van der Waals surface area contributed by atoms with E-state index in [4.69, 9.17) is 5.73 Å². The maximum Gasteiger partial charge on any atom is 0.0165 e. The van der Waals surface area contributed by atoms with E-state index in [1.54, 1.807) is 0 Å². The second kappa shape index (κ2) is 5.13. The zero-order valence-corrected chi connectivity index (χ0v) is 9.97. The van der Waals surface area contributed by atoms with E-state index in [1.807, 2.05) is 0 Å². The van der Waals surface area contributed by atoms with Crippen molar-refractivity contribution in [3.63, 3.8) is 0 Å². The monoisotopic (exact) mass is 198 g/mol. The molecule has 2 heteroatoms. The molecule has 0 amide bonds. The molecule has 0 aromatic heterocycles. The predicted molar refractivity (Wildman–Crippen MR) is 62.3 cm³/mol. The van der Waals surface area contributed by atoms with Gasteiger partial charge in [-0.25, -0.2) is 0 Å². The Kier molecular flexibility index (Phi) is 4.39. The molecule has 0 aromatic carbocycles. The SMILES string of the molecule is CCCC(N)CNCC1(C(C)C)CC1. The quantitative estimate of drug-likeness (QED) is 0.658. The Labute approximate surface area is 88.6 Å². The van der Waals surface area contributed by atoms with Gasteiger partial charge in [0.05, 0.1) is 0 Å². The summed E-state index contributed by atoms with van der Waals surface area (Å²) in [6, 6.07) is 0.350. The van der Waals surface area contributed by atoms with Gasteiger partial charge in [0, 0.05) is 19.1 Å². The van der Waals surface area contributed by atoms with E-state index < -0.39 is 0 Å². The van der Waals surface area contributed by atoms with Gasteiger partial charge in [-0.1, -0.05) is 27.2 Å². The third-order valence-electron chi connectivity index (χ3n) is 3.66. The smallest absolute Gasteiger partial charge is 0.0165 e. The lowest BCUT2D eigenvalue weighted by Gasteiger charge is -2.21. The first-order valence-electron chi connectivity index (χ1n) is 6.07. The minimum atomic E-state index is 0.350. The van der Waals surface area contributed by atoms with Crippen molar-refractivity contribution in [1.29, 1.82) is 0 Å². The minimum Gasteiger partial charge on any atom is -0.327 e. The van der Waals surface area contributed by atoms with Gasteiger partial charge in [-0.3, -0.25) is 0 Å². The number of nitrogens with two attached hydrogens (primary N) is 1. The van der Waals surface area contributed by atoms with Crippen LogP contribution in [0.25, 0.3) is 0 Å². The first kappa shape index (κ1) is 12.0. The van der Waals surface area contributed by atoms with E-state index in [-0.39, 0.29) is 0 Å². The van der Waals surface area contributed by atoms with Crippen LogP contribution in [0, 0.1) is 11.3 Å². The van der Waals surface area contributed by atoms with Crippen LogP contribution in [0.5, 0.6) is 0 Å². The fraction of sp³-hybridized carbons (Fsp3) is 1.00. The molecule has 1 rings (SSSR count). The van der Waals surface area contributed by atoms with Crippen LogP contribution in [0.2, 0.25) is 0 Å². The second-order valence-corrected chi connectivity index (χ2v) is 5.20. The molecule has 14 heavy (non-hydrogen) atoms. The topological polar surface area (TPSA) is 38.0 Å². The molecule has 0 heterocycles. The van der Waals surface area contributed by atoms with Gasteiger partial charge in [-0.15, -0.1) is 0 Å². The molecule has 0 saturated heterocycles. The van der Waals surface area contributed by atoms with Crippen molar-refractivity contribution >= 4 is 0 Å². The highest BCUT2D eigenvalue weighted by Crippen LogP contribution is 2.51. The van der Waals surface area contributed by atoms with Gasteiger partial charge in [-0.2, -0.15) is 0 Å². The maximum atomic E-state index is 5.95. The van der Waals surface area contributed by atoms with E-state index in [1.165, 1.54) is 25.8 Å². The molecule has 1 aliphatic rings. The van der Waals surface area contributed by atoms with Crippen LogP contribution in [0.1, 0.15) is 46.5 Å². The van der Waals surface area contributed by atoms with Gasteiger partial charge in [0.15, 0.2) is 0 Å². The van der Waals surface area contributed by atoms with E-state index in [0.717, 1.165) is 18.9 Å². The van der Waals surface area contributed by atoms with E-state index in [9.17, 15) is 0 Å². The highest BCUT2D eigenvalue weighted by molar-refractivity contribution is 4.97. The zero-order chi connectivity index (χ0) is 10.6. The fourth-order valence-electron chi connectivity index (χ4n) is 2.10. The lowest BCUT2D eigenvalue weighted by atomic mass is 9.92. The zero-order valence-electron chi connectivity index (χ0n) is 9.97. The largest absolute Gasteiger partial charge is 0.327 e. The Balaban J connectivity index is 2.09. The summed E-state index contributed by atoms with van der Waals surface area (Å²) in [5.41, 5.74) is 6.56. The summed E-state index contributed by atoms with van der Waals surface area (Å²) in [6.45, 7) is 9.02. The number of hydrogen-bond donors (Lipinski definition) is 2. The molecule has 0 radical (unpaired) electrons. The Bertz CT molecular complexity index is 162. The van der Waals surface area contributed by atoms with Crippen molar-refractivity contribution in [2.75, 3.05) is 13.1 Å². The molecule has 84 valence electrons. The van der Waals surface area contributed by atoms with Gasteiger partial charge in [0.1, 0.15) is 0 Å². The van der Waals surface area contributed by atoms with E-state index >= 15 is 0 Å². The second-order valence-electron chi connectivity index (χ2n) is 5.20. The molecule has 2 nitrogen and oxygen atoms in total. The summed E-state index contributed by atoms with van der Waals surface area (Å²) in [7, 11) is 0. The third kappa shape index (κ3) is 3.25. The Hall–Kier alpha value is -0.0800. The summed E-state index contributed by atoms with van der Waals surface area (Å²) in [4.78, 5) is 0. The van der Waals surface area contributed by atoms with Crippen LogP contribution in [-0.2, 0) is 0 Å². The molecular formula is C12H26N2. The molecule has 0 spiro atoms. The summed E-state index contributed by atoms with van der Waals surface area (Å²) >= 11 is 0. The predicted octanol–water partition coefficient (Wildman–Crippen LogP) is 2.14. The van der Waals surface area contributed by atoms with Gasteiger partial charge in [0.2, 0.25) is 0 Å². The van der Waals surface area contributed by atoms with Crippen molar-refractivity contribution in [1.82, 2.24) is 5.32 Å². The van der Waals surface area contributed by atoms with Crippen LogP contribution in [-0.4, -0.2) is 19.1 Å². The van der Waals surface area contributed by atoms with Crippen LogP contribution in [0.15, 0.2) is 0 Å². The lowest BCUT2D eigenvalue weighted by Crippen LogP contribution is -2.37. The summed E-state index contributed by atoms with van der Waals surface area (Å²) in [6.07, 6.45) is 5.14. The molecular weight excluding hydrogens is 172 g/mol. The van der Waals surface area contributed by atoms with Crippen molar-refractivity contribution in [3.8, 4) is 0 Å². The van der Waals surface area contributed by atoms with Gasteiger partial charge >= 0.3 is 0 Å². The van der Waals surface area contributed by atoms with Crippen molar-refractivity contribution in [2.24, 2.45) is 17.1 Å². The lowest BCUT2D eigenvalue weighted by molar-refractivity contribution is 0.333.